The Bertz CT molecular complexity index is 307. The smallest absolute Gasteiger partial charge is 0.0341 e. The summed E-state index contributed by atoms with van der Waals surface area (Å²) in [5.74, 6) is 0. The van der Waals surface area contributed by atoms with Gasteiger partial charge in [0.25, 0.3) is 0 Å². The molecule has 0 aromatic heterocycles. The summed E-state index contributed by atoms with van der Waals surface area (Å²) < 4.78 is 0. The number of benzene rings is 1. The summed E-state index contributed by atoms with van der Waals surface area (Å²) in [6.45, 7) is 2.27. The molecule has 0 fully saturated rings. The SMILES string of the molecule is CNc1ccc2c(c1)CN(C)CC2. The molecular formula is C11H16N2. The Morgan fingerprint density at radius 2 is 2.15 bits per heavy atom. The average Bonchev–Trinajstić information content (AvgIpc) is 2.16. The number of hydrogen-bond acceptors (Lipinski definition) is 2. The number of nitrogens with zero attached hydrogens (tertiary/aromatic N) is 1. The van der Waals surface area contributed by atoms with Gasteiger partial charge in [0, 0.05) is 25.8 Å². The second kappa shape index (κ2) is 3.38. The third-order valence-corrected chi connectivity index (χ3v) is 2.70. The molecular weight excluding hydrogens is 160 g/mol. The summed E-state index contributed by atoms with van der Waals surface area (Å²) in [6, 6.07) is 6.66. The summed E-state index contributed by atoms with van der Waals surface area (Å²) in [6.07, 6.45) is 1.19. The number of fused-ring (bicyclic) bond motifs is 1. The lowest BCUT2D eigenvalue weighted by molar-refractivity contribution is 0.313. The first-order valence-corrected chi connectivity index (χ1v) is 4.77. The van der Waals surface area contributed by atoms with Crippen LogP contribution in [0.2, 0.25) is 0 Å². The quantitative estimate of drug-likeness (QED) is 0.701. The summed E-state index contributed by atoms with van der Waals surface area (Å²) in [5, 5.41) is 3.17. The zero-order chi connectivity index (χ0) is 9.26. The average molecular weight is 176 g/mol. The van der Waals surface area contributed by atoms with E-state index in [4.69, 9.17) is 0 Å². The fourth-order valence-electron chi connectivity index (χ4n) is 1.85. The van der Waals surface area contributed by atoms with E-state index in [1.165, 1.54) is 29.8 Å². The second-order valence-electron chi connectivity index (χ2n) is 3.72. The molecule has 0 radical (unpaired) electrons. The molecule has 1 aromatic rings. The monoisotopic (exact) mass is 176 g/mol. The maximum atomic E-state index is 3.17. The molecule has 2 nitrogen and oxygen atoms in total. The van der Waals surface area contributed by atoms with Gasteiger partial charge >= 0.3 is 0 Å². The van der Waals surface area contributed by atoms with E-state index < -0.39 is 0 Å². The van der Waals surface area contributed by atoms with Gasteiger partial charge in [-0.15, -0.1) is 0 Å². The van der Waals surface area contributed by atoms with Crippen molar-refractivity contribution in [3.8, 4) is 0 Å². The minimum absolute atomic E-state index is 1.09. The van der Waals surface area contributed by atoms with Crippen molar-refractivity contribution in [2.24, 2.45) is 0 Å². The highest BCUT2D eigenvalue weighted by atomic mass is 15.1. The van der Waals surface area contributed by atoms with Gasteiger partial charge in [-0.2, -0.15) is 0 Å². The van der Waals surface area contributed by atoms with Crippen LogP contribution in [0.3, 0.4) is 0 Å². The van der Waals surface area contributed by atoms with Crippen molar-refractivity contribution in [1.29, 1.82) is 0 Å². The minimum Gasteiger partial charge on any atom is -0.388 e. The predicted octanol–water partition coefficient (Wildman–Crippen LogP) is 1.72. The summed E-state index contributed by atoms with van der Waals surface area (Å²) in [7, 11) is 4.14. The molecule has 1 aromatic carbocycles. The third-order valence-electron chi connectivity index (χ3n) is 2.70. The molecule has 0 atom stereocenters. The van der Waals surface area contributed by atoms with Crippen molar-refractivity contribution in [2.45, 2.75) is 13.0 Å². The standard InChI is InChI=1S/C11H16N2/c1-12-11-4-3-9-5-6-13(2)8-10(9)7-11/h3-4,7,12H,5-6,8H2,1-2H3. The van der Waals surface area contributed by atoms with Crippen LogP contribution < -0.4 is 5.32 Å². The van der Waals surface area contributed by atoms with Crippen molar-refractivity contribution in [3.63, 3.8) is 0 Å². The number of rotatable bonds is 1. The van der Waals surface area contributed by atoms with Crippen LogP contribution in [0, 0.1) is 0 Å². The predicted molar refractivity (Wildman–Crippen MR) is 56.0 cm³/mol. The van der Waals surface area contributed by atoms with Crippen molar-refractivity contribution in [3.05, 3.63) is 29.3 Å². The molecule has 0 bridgehead atoms. The normalized spacial score (nSPS) is 16.8. The van der Waals surface area contributed by atoms with Crippen LogP contribution in [-0.4, -0.2) is 25.5 Å². The molecule has 0 amide bonds. The van der Waals surface area contributed by atoms with Crippen molar-refractivity contribution >= 4 is 5.69 Å². The Labute approximate surface area is 79.6 Å². The van der Waals surface area contributed by atoms with Gasteiger partial charge in [0.15, 0.2) is 0 Å². The van der Waals surface area contributed by atoms with Crippen molar-refractivity contribution in [1.82, 2.24) is 4.90 Å². The number of likely N-dealkylation sites (N-methyl/N-ethyl adjacent to an activating group) is 1. The van der Waals surface area contributed by atoms with Gasteiger partial charge < -0.3 is 10.2 Å². The largest absolute Gasteiger partial charge is 0.388 e. The highest BCUT2D eigenvalue weighted by molar-refractivity contribution is 5.48. The van der Waals surface area contributed by atoms with Crippen LogP contribution >= 0.6 is 0 Å². The van der Waals surface area contributed by atoms with E-state index >= 15 is 0 Å². The first-order chi connectivity index (χ1) is 6.29. The van der Waals surface area contributed by atoms with Crippen LogP contribution in [0.4, 0.5) is 5.69 Å². The Morgan fingerprint density at radius 1 is 1.31 bits per heavy atom. The molecule has 1 aliphatic rings. The number of nitrogens with one attached hydrogen (secondary N) is 1. The van der Waals surface area contributed by atoms with Gasteiger partial charge in [0.05, 0.1) is 0 Å². The van der Waals surface area contributed by atoms with E-state index in [1.807, 2.05) is 7.05 Å². The Kier molecular flexibility index (Phi) is 2.23. The fourth-order valence-corrected chi connectivity index (χ4v) is 1.85. The van der Waals surface area contributed by atoms with Crippen molar-refractivity contribution < 1.29 is 0 Å². The van der Waals surface area contributed by atoms with Gasteiger partial charge in [-0.25, -0.2) is 0 Å². The molecule has 1 heterocycles. The van der Waals surface area contributed by atoms with E-state index in [1.54, 1.807) is 0 Å². The van der Waals surface area contributed by atoms with Crippen LogP contribution in [0.5, 0.6) is 0 Å². The zero-order valence-corrected chi connectivity index (χ0v) is 8.30. The Hall–Kier alpha value is -1.02. The van der Waals surface area contributed by atoms with E-state index in [0.717, 1.165) is 6.54 Å². The number of anilines is 1. The summed E-state index contributed by atoms with van der Waals surface area (Å²) in [4.78, 5) is 2.36. The summed E-state index contributed by atoms with van der Waals surface area (Å²) in [5.41, 5.74) is 4.20. The van der Waals surface area contributed by atoms with Gasteiger partial charge in [-0.3, -0.25) is 0 Å². The molecule has 1 N–H and O–H groups in total. The molecule has 1 aliphatic heterocycles. The molecule has 0 aliphatic carbocycles. The van der Waals surface area contributed by atoms with E-state index in [2.05, 4.69) is 35.5 Å². The van der Waals surface area contributed by atoms with E-state index in [-0.39, 0.29) is 0 Å². The molecule has 0 saturated heterocycles. The molecule has 70 valence electrons. The van der Waals surface area contributed by atoms with E-state index in [0.29, 0.717) is 0 Å². The van der Waals surface area contributed by atoms with Crippen LogP contribution in [0.15, 0.2) is 18.2 Å². The minimum atomic E-state index is 1.09. The molecule has 2 heteroatoms. The molecule has 0 unspecified atom stereocenters. The lowest BCUT2D eigenvalue weighted by Crippen LogP contribution is -2.26. The topological polar surface area (TPSA) is 15.3 Å². The second-order valence-corrected chi connectivity index (χ2v) is 3.72. The van der Waals surface area contributed by atoms with Gasteiger partial charge in [0.2, 0.25) is 0 Å². The lowest BCUT2D eigenvalue weighted by Gasteiger charge is -2.25. The summed E-state index contributed by atoms with van der Waals surface area (Å²) >= 11 is 0. The maximum absolute atomic E-state index is 3.17. The fraction of sp³-hybridized carbons (Fsp3) is 0.455. The molecule has 2 rings (SSSR count). The van der Waals surface area contributed by atoms with Crippen LogP contribution in [-0.2, 0) is 13.0 Å². The maximum Gasteiger partial charge on any atom is 0.0341 e. The Morgan fingerprint density at radius 3 is 2.92 bits per heavy atom. The number of hydrogen-bond donors (Lipinski definition) is 1. The van der Waals surface area contributed by atoms with Gasteiger partial charge in [-0.05, 0) is 36.7 Å². The molecule has 0 saturated carbocycles. The third kappa shape index (κ3) is 1.68. The Balaban J connectivity index is 2.32. The van der Waals surface area contributed by atoms with E-state index in [9.17, 15) is 0 Å². The van der Waals surface area contributed by atoms with Crippen molar-refractivity contribution in [2.75, 3.05) is 26.0 Å². The van der Waals surface area contributed by atoms with Crippen LogP contribution in [0.1, 0.15) is 11.1 Å². The van der Waals surface area contributed by atoms with Crippen LogP contribution in [0.25, 0.3) is 0 Å². The molecule has 13 heavy (non-hydrogen) atoms. The molecule has 0 spiro atoms. The first kappa shape index (κ1) is 8.57. The lowest BCUT2D eigenvalue weighted by atomic mass is 9.99. The highest BCUT2D eigenvalue weighted by Gasteiger charge is 2.12. The zero-order valence-electron chi connectivity index (χ0n) is 8.30. The van der Waals surface area contributed by atoms with Gasteiger partial charge in [0.1, 0.15) is 0 Å². The first-order valence-electron chi connectivity index (χ1n) is 4.77. The van der Waals surface area contributed by atoms with Gasteiger partial charge in [-0.1, -0.05) is 6.07 Å². The highest BCUT2D eigenvalue weighted by Crippen LogP contribution is 2.21.